The van der Waals surface area contributed by atoms with E-state index in [2.05, 4.69) is 32.1 Å². The Bertz CT molecular complexity index is 1180. The average molecular weight is 642 g/mol. The average Bonchev–Trinajstić information content (AvgIpc) is 3.81. The molecule has 13 nitrogen and oxygen atoms in total. The van der Waals surface area contributed by atoms with Crippen molar-refractivity contribution in [3.63, 3.8) is 0 Å². The fourth-order valence-electron chi connectivity index (χ4n) is 3.81. The number of unbranched alkanes of at least 4 members (excludes halogenated alkanes) is 1. The molecule has 0 fully saturated rings. The molecule has 1 aliphatic rings. The van der Waals surface area contributed by atoms with E-state index in [0.29, 0.717) is 71.7 Å². The van der Waals surface area contributed by atoms with Gasteiger partial charge in [-0.3, -0.25) is 19.2 Å². The van der Waals surface area contributed by atoms with Crippen LogP contribution in [0.15, 0.2) is 34.5 Å². The fourth-order valence-corrected chi connectivity index (χ4v) is 3.81. The topological polar surface area (TPSA) is 177 Å². The van der Waals surface area contributed by atoms with Gasteiger partial charge in [-0.15, -0.1) is 22.6 Å². The summed E-state index contributed by atoms with van der Waals surface area (Å²) in [5.41, 5.74) is -2.98. The number of ether oxygens (including phenoxy) is 3. The summed E-state index contributed by atoms with van der Waals surface area (Å²) >= 11 is 0. The number of aliphatic carboxylic acids is 1. The number of halogens is 3. The summed E-state index contributed by atoms with van der Waals surface area (Å²) in [6.45, 7) is 2.85. The first-order valence-electron chi connectivity index (χ1n) is 14.3. The molecule has 45 heavy (non-hydrogen) atoms. The number of carbonyl (C=O) groups is 4. The number of nitrogens with one attached hydrogen (secondary N) is 3. The largest absolute Gasteiger partial charge is 0.481 e. The van der Waals surface area contributed by atoms with Crippen LogP contribution in [0.2, 0.25) is 0 Å². The zero-order valence-corrected chi connectivity index (χ0v) is 24.7. The van der Waals surface area contributed by atoms with Crippen molar-refractivity contribution in [1.29, 1.82) is 0 Å². The first kappa shape index (κ1) is 37.1. The molecule has 0 bridgehead atoms. The van der Waals surface area contributed by atoms with Crippen molar-refractivity contribution < 1.29 is 51.7 Å². The molecular weight excluding hydrogens is 603 g/mol. The smallest absolute Gasteiger partial charge is 0.442 e. The minimum Gasteiger partial charge on any atom is -0.481 e. The molecule has 0 radical (unpaired) electrons. The van der Waals surface area contributed by atoms with E-state index in [0.717, 1.165) is 24.3 Å². The Morgan fingerprint density at radius 3 is 1.96 bits per heavy atom. The van der Waals surface area contributed by atoms with Crippen LogP contribution < -0.4 is 16.0 Å². The summed E-state index contributed by atoms with van der Waals surface area (Å²) < 4.78 is 55.7. The minimum atomic E-state index is -4.72. The van der Waals surface area contributed by atoms with E-state index < -0.39 is 42.1 Å². The predicted molar refractivity (Wildman–Crippen MR) is 153 cm³/mol. The molecule has 16 heteroatoms. The molecule has 0 aromatic heterocycles. The molecule has 2 rings (SSSR count). The van der Waals surface area contributed by atoms with Gasteiger partial charge in [-0.2, -0.15) is 13.2 Å². The maximum atomic E-state index is 13.2. The second-order valence-electron chi connectivity index (χ2n) is 9.81. The van der Waals surface area contributed by atoms with Crippen LogP contribution in [-0.4, -0.2) is 93.7 Å². The molecule has 1 aromatic carbocycles. The van der Waals surface area contributed by atoms with Gasteiger partial charge in [-0.05, 0) is 31.4 Å². The van der Waals surface area contributed by atoms with E-state index in [1.807, 2.05) is 0 Å². The number of rotatable bonds is 23. The van der Waals surface area contributed by atoms with E-state index in [9.17, 15) is 32.3 Å². The van der Waals surface area contributed by atoms with Crippen LogP contribution in [0.1, 0.15) is 54.4 Å². The lowest BCUT2D eigenvalue weighted by Crippen LogP contribution is -2.48. The number of alkyl halides is 3. The van der Waals surface area contributed by atoms with Gasteiger partial charge in [0.05, 0.1) is 32.8 Å². The number of carboxylic acid groups (broad SMARTS) is 1. The Balaban J connectivity index is 1.54. The molecule has 1 aromatic rings. The quantitative estimate of drug-likeness (QED) is 0.104. The number of hydrogen-bond donors (Lipinski definition) is 4. The van der Waals surface area contributed by atoms with E-state index in [4.69, 9.17) is 25.7 Å². The lowest BCUT2D eigenvalue weighted by atomic mass is 10.0. The van der Waals surface area contributed by atoms with Crippen molar-refractivity contribution in [3.05, 3.63) is 35.4 Å². The van der Waals surface area contributed by atoms with Gasteiger partial charge in [0.1, 0.15) is 6.04 Å². The lowest BCUT2D eigenvalue weighted by Gasteiger charge is -2.18. The maximum absolute atomic E-state index is 13.2. The number of carboxylic acids is 1. The number of nitrogens with zero attached hydrogens (tertiary/aromatic N) is 2. The van der Waals surface area contributed by atoms with Gasteiger partial charge < -0.3 is 35.3 Å². The highest BCUT2D eigenvalue weighted by Crippen LogP contribution is 2.52. The molecule has 248 valence electrons. The Kier molecular flexibility index (Phi) is 16.0. The normalized spacial score (nSPS) is 13.8. The van der Waals surface area contributed by atoms with Crippen LogP contribution in [0, 0.1) is 12.3 Å². The van der Waals surface area contributed by atoms with Crippen molar-refractivity contribution in [2.24, 2.45) is 10.2 Å². The summed E-state index contributed by atoms with van der Waals surface area (Å²) in [5.74, 6) is -0.443. The van der Waals surface area contributed by atoms with E-state index in [-0.39, 0.29) is 30.2 Å². The highest BCUT2D eigenvalue weighted by atomic mass is 19.4. The molecule has 0 saturated carbocycles. The van der Waals surface area contributed by atoms with E-state index in [1.54, 1.807) is 0 Å². The molecular formula is C29H38F3N5O8. The van der Waals surface area contributed by atoms with E-state index in [1.165, 1.54) is 0 Å². The molecule has 4 N–H and O–H groups in total. The third-order valence-electron chi connectivity index (χ3n) is 6.27. The summed E-state index contributed by atoms with van der Waals surface area (Å²) in [4.78, 5) is 47.8. The number of amides is 3. The van der Waals surface area contributed by atoms with Crippen LogP contribution in [0.5, 0.6) is 0 Å². The van der Waals surface area contributed by atoms with Gasteiger partial charge in [-0.25, -0.2) is 0 Å². The Hall–Kier alpha value is -4.07. The molecule has 0 spiro atoms. The van der Waals surface area contributed by atoms with Crippen LogP contribution in [-0.2, 0) is 34.3 Å². The minimum absolute atomic E-state index is 0.0275. The van der Waals surface area contributed by atoms with Crippen LogP contribution >= 0.6 is 0 Å². The number of terminal acetylenes is 1. The zero-order chi connectivity index (χ0) is 33.1. The molecule has 1 heterocycles. The van der Waals surface area contributed by atoms with Gasteiger partial charge in [0.2, 0.25) is 11.8 Å². The molecule has 1 aliphatic heterocycles. The van der Waals surface area contributed by atoms with E-state index >= 15 is 0 Å². The molecule has 0 saturated heterocycles. The second kappa shape index (κ2) is 19.3. The van der Waals surface area contributed by atoms with Crippen LogP contribution in [0.25, 0.3) is 0 Å². The van der Waals surface area contributed by atoms with Crippen molar-refractivity contribution in [1.82, 2.24) is 16.0 Å². The summed E-state index contributed by atoms with van der Waals surface area (Å²) in [7, 11) is 0. The van der Waals surface area contributed by atoms with Crippen molar-refractivity contribution in [3.8, 4) is 12.3 Å². The third kappa shape index (κ3) is 13.6. The highest BCUT2D eigenvalue weighted by Gasteiger charge is 2.65. The maximum Gasteiger partial charge on any atom is 0.442 e. The van der Waals surface area contributed by atoms with Gasteiger partial charge in [0.15, 0.2) is 0 Å². The fraction of sp³-hybridized carbons (Fsp3) is 0.586. The Morgan fingerprint density at radius 2 is 1.44 bits per heavy atom. The van der Waals surface area contributed by atoms with Crippen LogP contribution in [0.4, 0.5) is 13.2 Å². The van der Waals surface area contributed by atoms with Crippen molar-refractivity contribution in [2.75, 3.05) is 52.7 Å². The number of hydrogen-bond acceptors (Lipinski definition) is 9. The highest BCUT2D eigenvalue weighted by molar-refractivity contribution is 5.98. The Morgan fingerprint density at radius 1 is 0.889 bits per heavy atom. The molecule has 1 atom stereocenters. The summed E-state index contributed by atoms with van der Waals surface area (Å²) in [5, 5.41) is 23.0. The number of carbonyl (C=O) groups excluding carboxylic acids is 3. The first-order valence-corrected chi connectivity index (χ1v) is 14.3. The lowest BCUT2D eigenvalue weighted by molar-refractivity contribution is -0.166. The van der Waals surface area contributed by atoms with Crippen LogP contribution in [0.3, 0.4) is 0 Å². The van der Waals surface area contributed by atoms with Gasteiger partial charge in [0.25, 0.3) is 5.91 Å². The predicted octanol–water partition coefficient (Wildman–Crippen LogP) is 2.31. The SMILES string of the molecule is C#CCCCC(=O)NCCCOCCOCCOCCCNC(=O)[C@H](CC(=O)O)NC(=O)c1ccc(C2(C(F)(F)F)N=N2)cc1. The van der Waals surface area contributed by atoms with Crippen molar-refractivity contribution >= 4 is 23.7 Å². The standard InChI is InChI=1S/C29H38F3N5O8/c1-2-3-4-7-24(38)33-12-5-14-43-16-18-45-19-17-44-15-6-13-34-27(42)23(20-25(39)40)35-26(41)21-8-10-22(11-9-21)28(36-37-28)29(30,31)32/h1,8-11,23H,3-7,12-20H2,(H,33,38)(H,34,42)(H,35,41)(H,39,40)/t23-/m0/s1. The van der Waals surface area contributed by atoms with Crippen molar-refractivity contribution in [2.45, 2.75) is 56.4 Å². The first-order chi connectivity index (χ1) is 21.5. The molecule has 0 aliphatic carbocycles. The van der Waals surface area contributed by atoms with Gasteiger partial charge in [0, 0.05) is 50.3 Å². The molecule has 0 unspecified atom stereocenters. The Labute approximate surface area is 258 Å². The monoisotopic (exact) mass is 641 g/mol. The number of benzene rings is 1. The summed E-state index contributed by atoms with van der Waals surface area (Å²) in [6, 6.07) is 2.90. The second-order valence-corrected chi connectivity index (χ2v) is 9.81. The van der Waals surface area contributed by atoms with Gasteiger partial charge in [-0.1, -0.05) is 12.1 Å². The summed E-state index contributed by atoms with van der Waals surface area (Å²) in [6.07, 6.45) is 2.47. The zero-order valence-electron chi connectivity index (χ0n) is 24.7. The van der Waals surface area contributed by atoms with Gasteiger partial charge >= 0.3 is 17.8 Å². The third-order valence-corrected chi connectivity index (χ3v) is 6.27. The molecule has 3 amide bonds.